The van der Waals surface area contributed by atoms with Crippen LogP contribution in [0.4, 0.5) is 5.69 Å². The number of rotatable bonds is 7. The normalized spacial score (nSPS) is 19.5. The summed E-state index contributed by atoms with van der Waals surface area (Å²) in [6.45, 7) is 2.36. The van der Waals surface area contributed by atoms with Crippen molar-refractivity contribution in [2.24, 2.45) is 0 Å². The molecule has 3 aromatic carbocycles. The van der Waals surface area contributed by atoms with Crippen molar-refractivity contribution in [3.05, 3.63) is 101 Å². The van der Waals surface area contributed by atoms with Crippen LogP contribution in [0.3, 0.4) is 0 Å². The lowest BCUT2D eigenvalue weighted by molar-refractivity contribution is -0.134. The highest BCUT2D eigenvalue weighted by atomic mass is 16.5. The summed E-state index contributed by atoms with van der Waals surface area (Å²) in [5.74, 6) is 0.165. The Kier molecular flexibility index (Phi) is 8.42. The smallest absolute Gasteiger partial charge is 0.277 e. The van der Waals surface area contributed by atoms with E-state index in [9.17, 15) is 14.4 Å². The third kappa shape index (κ3) is 6.50. The average Bonchev–Trinajstić information content (AvgIpc) is 3.49. The maximum absolute atomic E-state index is 13.5. The lowest BCUT2D eigenvalue weighted by atomic mass is 9.94. The van der Waals surface area contributed by atoms with Crippen molar-refractivity contribution >= 4 is 23.4 Å². The topological polar surface area (TPSA) is 123 Å². The number of amides is 3. The molecule has 3 atom stereocenters. The van der Waals surface area contributed by atoms with Crippen LogP contribution in [0.2, 0.25) is 0 Å². The summed E-state index contributed by atoms with van der Waals surface area (Å²) in [5.41, 5.74) is 4.23. The Hall–Kier alpha value is -4.96. The van der Waals surface area contributed by atoms with E-state index < -0.39 is 5.91 Å². The number of aromatic nitrogens is 1. The maximum Gasteiger partial charge on any atom is 0.277 e. The minimum Gasteiger partial charge on any atom is -0.490 e. The molecule has 2 aliphatic rings. The molecule has 0 unspecified atom stereocenters. The van der Waals surface area contributed by atoms with Crippen molar-refractivity contribution in [1.29, 1.82) is 0 Å². The largest absolute Gasteiger partial charge is 0.490 e. The fourth-order valence-corrected chi connectivity index (χ4v) is 5.70. The molecular weight excluding hydrogens is 560 g/mol. The van der Waals surface area contributed by atoms with Crippen LogP contribution in [0.5, 0.6) is 5.75 Å². The Labute approximate surface area is 255 Å². The van der Waals surface area contributed by atoms with Crippen LogP contribution < -0.4 is 15.4 Å². The molecule has 226 valence electrons. The predicted molar refractivity (Wildman–Crippen MR) is 163 cm³/mol. The molecule has 2 aliphatic heterocycles. The summed E-state index contributed by atoms with van der Waals surface area (Å²) in [4.78, 5) is 40.5. The van der Waals surface area contributed by atoms with Gasteiger partial charge >= 0.3 is 0 Å². The molecule has 1 fully saturated rings. The molecule has 10 nitrogen and oxygen atoms in total. The van der Waals surface area contributed by atoms with E-state index in [4.69, 9.17) is 14.0 Å². The van der Waals surface area contributed by atoms with Crippen LogP contribution in [0.15, 0.2) is 83.4 Å². The third-order valence-corrected chi connectivity index (χ3v) is 8.09. The lowest BCUT2D eigenvalue weighted by Crippen LogP contribution is -2.53. The molecule has 10 heteroatoms. The summed E-state index contributed by atoms with van der Waals surface area (Å²) in [6.07, 6.45) is 0.877. The molecule has 3 amide bonds. The second-order valence-electron chi connectivity index (χ2n) is 11.2. The number of carbonyl (C=O) groups is 3. The van der Waals surface area contributed by atoms with Gasteiger partial charge in [0, 0.05) is 25.3 Å². The number of anilines is 1. The van der Waals surface area contributed by atoms with E-state index in [2.05, 4.69) is 40.1 Å². The number of aryl methyl sites for hydroxylation is 1. The Morgan fingerprint density at radius 3 is 2.50 bits per heavy atom. The first-order valence-corrected chi connectivity index (χ1v) is 14.7. The van der Waals surface area contributed by atoms with Crippen LogP contribution in [0.25, 0.3) is 11.1 Å². The zero-order valence-electron chi connectivity index (χ0n) is 24.6. The van der Waals surface area contributed by atoms with Crippen molar-refractivity contribution < 1.29 is 28.4 Å². The zero-order valence-corrected chi connectivity index (χ0v) is 24.6. The number of ether oxygens (including phenoxy) is 2. The maximum atomic E-state index is 13.5. The van der Waals surface area contributed by atoms with Crippen LogP contribution in [0.1, 0.15) is 51.4 Å². The predicted octanol–water partition coefficient (Wildman–Crippen LogP) is 4.99. The van der Waals surface area contributed by atoms with E-state index in [1.807, 2.05) is 30.3 Å². The van der Waals surface area contributed by atoms with Gasteiger partial charge in [-0.25, -0.2) is 0 Å². The van der Waals surface area contributed by atoms with E-state index in [1.165, 1.54) is 6.07 Å². The molecule has 6 rings (SSSR count). The van der Waals surface area contributed by atoms with E-state index in [1.54, 1.807) is 37.1 Å². The van der Waals surface area contributed by atoms with E-state index in [-0.39, 0.29) is 48.8 Å². The van der Waals surface area contributed by atoms with Crippen molar-refractivity contribution in [1.82, 2.24) is 15.4 Å². The van der Waals surface area contributed by atoms with Gasteiger partial charge in [-0.3, -0.25) is 14.4 Å². The van der Waals surface area contributed by atoms with Gasteiger partial charge in [0.25, 0.3) is 11.8 Å². The standard InChI is InChI=1S/C34H34N4O6/c1-21-16-28(37-44-21)33(40)36-25-12-15-30-27(17-25)34(41)38(2)29-14-13-26(43-31(29)20-42-30)18-32(39)35-19-22-8-10-24(11-9-22)23-6-4-3-5-7-23/h3-12,15-17,26,29,31H,13-14,18-20H2,1-2H3,(H,35,39)(H,36,40)/t26-,29+,31+/m0/s1. The molecular formula is C34H34N4O6. The molecule has 0 radical (unpaired) electrons. The first kappa shape index (κ1) is 29.1. The Morgan fingerprint density at radius 1 is 0.977 bits per heavy atom. The summed E-state index contributed by atoms with van der Waals surface area (Å²) in [6, 6.07) is 24.6. The number of likely N-dealkylation sites (N-methyl/N-ethyl adjacent to an activating group) is 1. The highest BCUT2D eigenvalue weighted by Gasteiger charge is 2.39. The number of hydrogen-bond acceptors (Lipinski definition) is 7. The van der Waals surface area contributed by atoms with Gasteiger partial charge in [0.05, 0.1) is 24.1 Å². The van der Waals surface area contributed by atoms with Crippen molar-refractivity contribution in [2.75, 3.05) is 19.0 Å². The SMILES string of the molecule is Cc1cc(C(=O)Nc2ccc3c(c2)C(=O)N(C)[C@@H]2CC[C@@H](CC(=O)NCc4ccc(-c5ccccc5)cc4)O[C@@H]2CO3)no1. The summed E-state index contributed by atoms with van der Waals surface area (Å²) >= 11 is 0. The van der Waals surface area contributed by atoms with Crippen LogP contribution in [-0.4, -0.2) is 59.7 Å². The second-order valence-corrected chi connectivity index (χ2v) is 11.2. The summed E-state index contributed by atoms with van der Waals surface area (Å²) in [7, 11) is 1.75. The number of nitrogens with one attached hydrogen (secondary N) is 2. The highest BCUT2D eigenvalue weighted by Crippen LogP contribution is 2.32. The molecule has 0 spiro atoms. The van der Waals surface area contributed by atoms with E-state index in [0.717, 1.165) is 16.7 Å². The molecule has 2 N–H and O–H groups in total. The average molecular weight is 595 g/mol. The van der Waals surface area contributed by atoms with Crippen molar-refractivity contribution in [3.63, 3.8) is 0 Å². The molecule has 44 heavy (non-hydrogen) atoms. The van der Waals surface area contributed by atoms with Gasteiger partial charge in [-0.2, -0.15) is 0 Å². The van der Waals surface area contributed by atoms with E-state index >= 15 is 0 Å². The monoisotopic (exact) mass is 594 g/mol. The first-order valence-electron chi connectivity index (χ1n) is 14.7. The van der Waals surface area contributed by atoms with Crippen LogP contribution in [-0.2, 0) is 16.1 Å². The number of hydrogen-bond donors (Lipinski definition) is 2. The lowest BCUT2D eigenvalue weighted by Gasteiger charge is -2.42. The molecule has 1 aromatic heterocycles. The Balaban J connectivity index is 1.04. The third-order valence-electron chi connectivity index (χ3n) is 8.09. The van der Waals surface area contributed by atoms with Gasteiger partial charge in [-0.15, -0.1) is 0 Å². The fraction of sp³-hybridized carbons (Fsp3) is 0.294. The number of fused-ring (bicyclic) bond motifs is 2. The van der Waals surface area contributed by atoms with Crippen molar-refractivity contribution in [3.8, 4) is 16.9 Å². The number of nitrogens with zero attached hydrogens (tertiary/aromatic N) is 2. The van der Waals surface area contributed by atoms with Gasteiger partial charge in [0.1, 0.15) is 24.2 Å². The fourth-order valence-electron chi connectivity index (χ4n) is 5.70. The Morgan fingerprint density at radius 2 is 1.75 bits per heavy atom. The second kappa shape index (κ2) is 12.7. The molecule has 3 heterocycles. The summed E-state index contributed by atoms with van der Waals surface area (Å²) < 4.78 is 17.3. The highest BCUT2D eigenvalue weighted by molar-refractivity contribution is 6.04. The van der Waals surface area contributed by atoms with Gasteiger partial charge in [-0.1, -0.05) is 59.8 Å². The quantitative estimate of drug-likeness (QED) is 0.309. The van der Waals surface area contributed by atoms with Gasteiger partial charge < -0.3 is 29.5 Å². The molecule has 0 saturated carbocycles. The molecule has 0 aliphatic carbocycles. The first-order chi connectivity index (χ1) is 21.3. The van der Waals surface area contributed by atoms with Crippen LogP contribution >= 0.6 is 0 Å². The number of carbonyl (C=O) groups excluding carboxylic acids is 3. The summed E-state index contributed by atoms with van der Waals surface area (Å²) in [5, 5.41) is 9.49. The van der Waals surface area contributed by atoms with Gasteiger partial charge in [-0.05, 0) is 54.7 Å². The minimum absolute atomic E-state index is 0.0857. The molecule has 4 aromatic rings. The van der Waals surface area contributed by atoms with Gasteiger partial charge in [0.2, 0.25) is 5.91 Å². The molecule has 1 saturated heterocycles. The van der Waals surface area contributed by atoms with Crippen molar-refractivity contribution in [2.45, 2.75) is 51.0 Å². The van der Waals surface area contributed by atoms with E-state index in [0.29, 0.717) is 42.1 Å². The van der Waals surface area contributed by atoms with Gasteiger partial charge in [0.15, 0.2) is 5.69 Å². The number of benzene rings is 3. The minimum atomic E-state index is -0.439. The zero-order chi connectivity index (χ0) is 30.6. The molecule has 0 bridgehead atoms. The van der Waals surface area contributed by atoms with Crippen LogP contribution in [0, 0.1) is 6.92 Å². The Bertz CT molecular complexity index is 1650.